The lowest BCUT2D eigenvalue weighted by Crippen LogP contribution is -2.16. The van der Waals surface area contributed by atoms with Crippen LogP contribution in [0.4, 0.5) is 15.8 Å². The fraction of sp³-hybridized carbons (Fsp3) is 0.364. The van der Waals surface area contributed by atoms with Crippen molar-refractivity contribution in [2.45, 2.75) is 13.3 Å². The summed E-state index contributed by atoms with van der Waals surface area (Å²) in [7, 11) is 0. The van der Waals surface area contributed by atoms with Gasteiger partial charge in [0.15, 0.2) is 6.61 Å². The van der Waals surface area contributed by atoms with Gasteiger partial charge in [-0.2, -0.15) is 4.39 Å². The van der Waals surface area contributed by atoms with Crippen molar-refractivity contribution in [1.29, 1.82) is 0 Å². The van der Waals surface area contributed by atoms with Crippen LogP contribution in [0.25, 0.3) is 0 Å². The van der Waals surface area contributed by atoms with Crippen molar-refractivity contribution in [3.05, 3.63) is 38.2 Å². The second-order valence-electron chi connectivity index (χ2n) is 3.79. The number of carbonyl (C=O) groups excluding carboxylic acids is 1. The van der Waals surface area contributed by atoms with Gasteiger partial charge in [-0.05, 0) is 6.42 Å². The molecule has 1 rings (SSSR count). The van der Waals surface area contributed by atoms with E-state index in [0.29, 0.717) is 18.6 Å². The molecular formula is C11H11FN2O7. The summed E-state index contributed by atoms with van der Waals surface area (Å²) in [6.07, 6.45) is 0.581. The molecule has 0 aromatic heterocycles. The average Bonchev–Trinajstić information content (AvgIpc) is 2.41. The molecule has 0 fully saturated rings. The Morgan fingerprint density at radius 2 is 1.86 bits per heavy atom. The Morgan fingerprint density at radius 1 is 1.24 bits per heavy atom. The molecule has 0 bridgehead atoms. The van der Waals surface area contributed by atoms with Crippen LogP contribution in [-0.2, 0) is 9.53 Å². The van der Waals surface area contributed by atoms with E-state index in [-0.39, 0.29) is 6.61 Å². The summed E-state index contributed by atoms with van der Waals surface area (Å²) in [6.45, 7) is 1.25. The van der Waals surface area contributed by atoms with Gasteiger partial charge < -0.3 is 9.47 Å². The van der Waals surface area contributed by atoms with Crippen LogP contribution in [-0.4, -0.2) is 29.0 Å². The molecule has 21 heavy (non-hydrogen) atoms. The zero-order chi connectivity index (χ0) is 16.0. The Labute approximate surface area is 117 Å². The number of halogens is 1. The fourth-order valence-corrected chi connectivity index (χ4v) is 1.32. The third-order valence-corrected chi connectivity index (χ3v) is 2.23. The van der Waals surface area contributed by atoms with Crippen molar-refractivity contribution in [3.63, 3.8) is 0 Å². The van der Waals surface area contributed by atoms with Crippen molar-refractivity contribution in [3.8, 4) is 5.75 Å². The molecule has 0 N–H and O–H groups in total. The SMILES string of the molecule is CCCOC(=O)COc1cc(F)c([N+](=O)[O-])cc1[N+](=O)[O-]. The largest absolute Gasteiger partial charge is 0.475 e. The van der Waals surface area contributed by atoms with E-state index in [1.807, 2.05) is 0 Å². The van der Waals surface area contributed by atoms with Crippen LogP contribution in [0.3, 0.4) is 0 Å². The zero-order valence-electron chi connectivity index (χ0n) is 10.9. The van der Waals surface area contributed by atoms with E-state index in [4.69, 9.17) is 4.74 Å². The normalized spacial score (nSPS) is 10.0. The first-order valence-electron chi connectivity index (χ1n) is 5.77. The maximum Gasteiger partial charge on any atom is 0.344 e. The predicted octanol–water partition coefficient (Wildman–Crippen LogP) is 1.97. The van der Waals surface area contributed by atoms with E-state index < -0.39 is 45.4 Å². The Kier molecular flexibility index (Phi) is 5.52. The molecule has 10 heteroatoms. The standard InChI is InChI=1S/C11H11FN2O7/c1-2-3-20-11(15)6-21-10-4-7(12)8(13(16)17)5-9(10)14(18)19/h4-5H,2-3,6H2,1H3. The topological polar surface area (TPSA) is 122 Å². The summed E-state index contributed by atoms with van der Waals surface area (Å²) in [5.74, 6) is -2.68. The highest BCUT2D eigenvalue weighted by Crippen LogP contribution is 2.33. The first-order chi connectivity index (χ1) is 9.86. The summed E-state index contributed by atoms with van der Waals surface area (Å²) in [5, 5.41) is 21.3. The molecule has 0 aliphatic carbocycles. The number of hydrogen-bond acceptors (Lipinski definition) is 7. The number of ether oxygens (including phenoxy) is 2. The lowest BCUT2D eigenvalue weighted by atomic mass is 10.2. The van der Waals surface area contributed by atoms with Gasteiger partial charge in [0.25, 0.3) is 0 Å². The highest BCUT2D eigenvalue weighted by atomic mass is 19.1. The number of esters is 1. The van der Waals surface area contributed by atoms with Gasteiger partial charge >= 0.3 is 17.3 Å². The minimum atomic E-state index is -1.30. The van der Waals surface area contributed by atoms with Crippen molar-refractivity contribution < 1.29 is 28.5 Å². The predicted molar refractivity (Wildman–Crippen MR) is 66.5 cm³/mol. The van der Waals surface area contributed by atoms with Gasteiger partial charge in [-0.1, -0.05) is 6.92 Å². The molecule has 1 aromatic rings. The summed E-state index contributed by atoms with van der Waals surface area (Å²) >= 11 is 0. The van der Waals surface area contributed by atoms with Gasteiger partial charge in [-0.15, -0.1) is 0 Å². The molecule has 0 spiro atoms. The lowest BCUT2D eigenvalue weighted by Gasteiger charge is -2.07. The number of benzene rings is 1. The maximum absolute atomic E-state index is 13.4. The molecule has 0 aliphatic heterocycles. The number of nitrogens with zero attached hydrogens (tertiary/aromatic N) is 2. The smallest absolute Gasteiger partial charge is 0.344 e. The van der Waals surface area contributed by atoms with Gasteiger partial charge in [0.2, 0.25) is 11.6 Å². The molecule has 114 valence electrons. The molecule has 0 unspecified atom stereocenters. The second-order valence-corrected chi connectivity index (χ2v) is 3.79. The average molecular weight is 302 g/mol. The molecule has 0 radical (unpaired) electrons. The minimum Gasteiger partial charge on any atom is -0.475 e. The van der Waals surface area contributed by atoms with Gasteiger partial charge in [-0.25, -0.2) is 4.79 Å². The Hall–Kier alpha value is -2.78. The van der Waals surface area contributed by atoms with Crippen LogP contribution < -0.4 is 4.74 Å². The van der Waals surface area contributed by atoms with E-state index >= 15 is 0 Å². The molecule has 1 aromatic carbocycles. The highest BCUT2D eigenvalue weighted by molar-refractivity contribution is 5.71. The monoisotopic (exact) mass is 302 g/mol. The van der Waals surface area contributed by atoms with E-state index in [2.05, 4.69) is 4.74 Å². The Morgan fingerprint density at radius 3 is 2.38 bits per heavy atom. The van der Waals surface area contributed by atoms with Crippen LogP contribution in [0.15, 0.2) is 12.1 Å². The van der Waals surface area contributed by atoms with Crippen LogP contribution in [0.2, 0.25) is 0 Å². The third-order valence-electron chi connectivity index (χ3n) is 2.23. The van der Waals surface area contributed by atoms with Crippen molar-refractivity contribution in [1.82, 2.24) is 0 Å². The van der Waals surface area contributed by atoms with Crippen LogP contribution in [0.1, 0.15) is 13.3 Å². The van der Waals surface area contributed by atoms with Crippen molar-refractivity contribution in [2.75, 3.05) is 13.2 Å². The fourth-order valence-electron chi connectivity index (χ4n) is 1.32. The number of hydrogen-bond donors (Lipinski definition) is 0. The zero-order valence-corrected chi connectivity index (χ0v) is 10.9. The van der Waals surface area contributed by atoms with Gasteiger partial charge in [0, 0.05) is 6.07 Å². The first kappa shape index (κ1) is 16.3. The quantitative estimate of drug-likeness (QED) is 0.428. The Balaban J connectivity index is 2.96. The molecule has 0 heterocycles. The molecule has 0 atom stereocenters. The molecule has 0 amide bonds. The van der Waals surface area contributed by atoms with Crippen LogP contribution >= 0.6 is 0 Å². The number of rotatable bonds is 7. The van der Waals surface area contributed by atoms with Crippen LogP contribution in [0, 0.1) is 26.0 Å². The summed E-state index contributed by atoms with van der Waals surface area (Å²) in [6, 6.07) is 0.922. The maximum atomic E-state index is 13.4. The number of nitro groups is 2. The van der Waals surface area contributed by atoms with E-state index in [0.717, 1.165) is 0 Å². The van der Waals surface area contributed by atoms with Crippen molar-refractivity contribution >= 4 is 17.3 Å². The summed E-state index contributed by atoms with van der Waals surface area (Å²) in [4.78, 5) is 30.4. The molecule has 0 aliphatic rings. The van der Waals surface area contributed by atoms with E-state index in [1.165, 1.54) is 0 Å². The Bertz CT molecular complexity index is 576. The first-order valence-corrected chi connectivity index (χ1v) is 5.77. The number of nitro benzene ring substituents is 2. The molecular weight excluding hydrogens is 291 g/mol. The molecule has 9 nitrogen and oxygen atoms in total. The van der Waals surface area contributed by atoms with Crippen LogP contribution in [0.5, 0.6) is 5.75 Å². The van der Waals surface area contributed by atoms with E-state index in [9.17, 15) is 29.4 Å². The second kappa shape index (κ2) is 7.12. The van der Waals surface area contributed by atoms with Gasteiger partial charge in [0.05, 0.1) is 16.5 Å². The third kappa shape index (κ3) is 4.37. The highest BCUT2D eigenvalue weighted by Gasteiger charge is 2.26. The van der Waals surface area contributed by atoms with Crippen molar-refractivity contribution in [2.24, 2.45) is 0 Å². The van der Waals surface area contributed by atoms with Gasteiger partial charge in [0.1, 0.15) is 6.07 Å². The van der Waals surface area contributed by atoms with Gasteiger partial charge in [-0.3, -0.25) is 20.2 Å². The lowest BCUT2D eigenvalue weighted by molar-refractivity contribution is -0.396. The summed E-state index contributed by atoms with van der Waals surface area (Å²) in [5.41, 5.74) is -1.87. The molecule has 0 saturated carbocycles. The molecule has 0 saturated heterocycles. The number of carbonyl (C=O) groups is 1. The minimum absolute atomic E-state index is 0.152. The summed E-state index contributed by atoms with van der Waals surface area (Å²) < 4.78 is 22.9. The van der Waals surface area contributed by atoms with E-state index in [1.54, 1.807) is 6.92 Å².